The number of rotatable bonds is 5. The molecule has 0 aromatic rings. The first-order valence-corrected chi connectivity index (χ1v) is 5.91. The molecule has 0 spiro atoms. The van der Waals surface area contributed by atoms with Gasteiger partial charge in [-0.05, 0) is 25.7 Å². The fourth-order valence-electron chi connectivity index (χ4n) is 1.68. The fourth-order valence-corrected chi connectivity index (χ4v) is 1.68. The van der Waals surface area contributed by atoms with Crippen molar-refractivity contribution in [3.8, 4) is 0 Å². The molecular weight excluding hydrogens is 206 g/mol. The lowest BCUT2D eigenvalue weighted by atomic mass is 9.96. The van der Waals surface area contributed by atoms with Gasteiger partial charge in [0.1, 0.15) is 6.04 Å². The Bertz CT molecular complexity index is 284. The Morgan fingerprint density at radius 3 is 2.00 bits per heavy atom. The van der Waals surface area contributed by atoms with Crippen molar-refractivity contribution in [2.45, 2.75) is 52.6 Å². The van der Waals surface area contributed by atoms with E-state index in [-0.39, 0.29) is 23.8 Å². The second-order valence-electron chi connectivity index (χ2n) is 5.02. The zero-order valence-corrected chi connectivity index (χ0v) is 10.4. The maximum absolute atomic E-state index is 12.2. The highest BCUT2D eigenvalue weighted by molar-refractivity contribution is 5.85. The van der Waals surface area contributed by atoms with Gasteiger partial charge in [0.05, 0.1) is 0 Å². The summed E-state index contributed by atoms with van der Waals surface area (Å²) in [6.07, 6.45) is 1.88. The molecule has 1 amide bonds. The summed E-state index contributed by atoms with van der Waals surface area (Å²) in [7, 11) is 0. The molecule has 0 aliphatic heterocycles. The number of carboxylic acid groups (broad SMARTS) is 1. The van der Waals surface area contributed by atoms with Crippen LogP contribution in [0.4, 0.5) is 0 Å². The van der Waals surface area contributed by atoms with E-state index >= 15 is 0 Å². The molecule has 1 aliphatic rings. The zero-order chi connectivity index (χ0) is 12.5. The summed E-state index contributed by atoms with van der Waals surface area (Å²) in [5.74, 6) is -0.805. The van der Waals surface area contributed by atoms with Crippen molar-refractivity contribution in [3.05, 3.63) is 0 Å². The van der Waals surface area contributed by atoms with Crippen LogP contribution in [0.3, 0.4) is 0 Å². The highest BCUT2D eigenvalue weighted by Crippen LogP contribution is 2.31. The molecule has 4 nitrogen and oxygen atoms in total. The number of nitrogens with zero attached hydrogens (tertiary/aromatic N) is 1. The summed E-state index contributed by atoms with van der Waals surface area (Å²) < 4.78 is 0. The molecule has 1 N–H and O–H groups in total. The van der Waals surface area contributed by atoms with Crippen LogP contribution < -0.4 is 0 Å². The number of aliphatic carboxylic acids is 1. The lowest BCUT2D eigenvalue weighted by molar-refractivity contribution is -0.152. The largest absolute Gasteiger partial charge is 0.480 e. The van der Waals surface area contributed by atoms with Gasteiger partial charge < -0.3 is 10.0 Å². The Morgan fingerprint density at radius 1 is 1.19 bits per heavy atom. The predicted molar refractivity (Wildman–Crippen MR) is 61.0 cm³/mol. The maximum Gasteiger partial charge on any atom is 0.326 e. The Hall–Kier alpha value is -1.06. The van der Waals surface area contributed by atoms with E-state index in [4.69, 9.17) is 5.11 Å². The second-order valence-corrected chi connectivity index (χ2v) is 5.02. The molecule has 2 unspecified atom stereocenters. The average Bonchev–Trinajstić information content (AvgIpc) is 3.00. The van der Waals surface area contributed by atoms with Crippen LogP contribution >= 0.6 is 0 Å². The molecule has 0 heterocycles. The van der Waals surface area contributed by atoms with Crippen LogP contribution in [-0.2, 0) is 9.59 Å². The minimum absolute atomic E-state index is 0.0209. The van der Waals surface area contributed by atoms with E-state index in [2.05, 4.69) is 0 Å². The smallest absolute Gasteiger partial charge is 0.326 e. The number of carbonyl (C=O) groups excluding carboxylic acids is 1. The van der Waals surface area contributed by atoms with Gasteiger partial charge in [-0.1, -0.05) is 20.8 Å². The lowest BCUT2D eigenvalue weighted by Gasteiger charge is -2.30. The van der Waals surface area contributed by atoms with Gasteiger partial charge in [0.15, 0.2) is 0 Å². The Morgan fingerprint density at radius 2 is 1.69 bits per heavy atom. The van der Waals surface area contributed by atoms with Crippen LogP contribution in [0.25, 0.3) is 0 Å². The van der Waals surface area contributed by atoms with E-state index in [1.807, 2.05) is 20.8 Å². The third kappa shape index (κ3) is 2.74. The Balaban J connectivity index is 2.77. The van der Waals surface area contributed by atoms with Crippen LogP contribution in [0, 0.1) is 11.8 Å². The highest BCUT2D eigenvalue weighted by atomic mass is 16.4. The third-order valence-corrected chi connectivity index (χ3v) is 3.36. The zero-order valence-electron chi connectivity index (χ0n) is 10.4. The van der Waals surface area contributed by atoms with Crippen LogP contribution in [-0.4, -0.2) is 34.0 Å². The lowest BCUT2D eigenvalue weighted by Crippen LogP contribution is -2.47. The van der Waals surface area contributed by atoms with E-state index in [9.17, 15) is 9.59 Å². The van der Waals surface area contributed by atoms with Gasteiger partial charge >= 0.3 is 5.97 Å². The predicted octanol–water partition coefficient (Wildman–Crippen LogP) is 1.74. The van der Waals surface area contributed by atoms with Gasteiger partial charge in [0.25, 0.3) is 0 Å². The van der Waals surface area contributed by atoms with Crippen molar-refractivity contribution in [2.24, 2.45) is 11.8 Å². The number of carbonyl (C=O) groups is 2. The van der Waals surface area contributed by atoms with Gasteiger partial charge in [-0.15, -0.1) is 0 Å². The van der Waals surface area contributed by atoms with Gasteiger partial charge in [0, 0.05) is 12.0 Å². The minimum Gasteiger partial charge on any atom is -0.480 e. The molecule has 0 aromatic carbocycles. The van der Waals surface area contributed by atoms with E-state index < -0.39 is 12.0 Å². The average molecular weight is 227 g/mol. The Kier molecular flexibility index (Phi) is 3.94. The summed E-state index contributed by atoms with van der Waals surface area (Å²) in [5, 5.41) is 9.00. The molecule has 16 heavy (non-hydrogen) atoms. The fraction of sp³-hybridized carbons (Fsp3) is 0.833. The molecule has 92 valence electrons. The van der Waals surface area contributed by atoms with Crippen molar-refractivity contribution in [3.63, 3.8) is 0 Å². The van der Waals surface area contributed by atoms with Gasteiger partial charge in [-0.3, -0.25) is 4.79 Å². The van der Waals surface area contributed by atoms with Crippen molar-refractivity contribution in [1.29, 1.82) is 0 Å². The van der Waals surface area contributed by atoms with Crippen molar-refractivity contribution >= 4 is 11.9 Å². The van der Waals surface area contributed by atoms with Crippen molar-refractivity contribution in [1.82, 2.24) is 4.90 Å². The molecule has 0 radical (unpaired) electrons. The summed E-state index contributed by atoms with van der Waals surface area (Å²) >= 11 is 0. The number of carboxylic acids is 1. The molecular formula is C12H21NO3. The molecule has 4 heteroatoms. The molecule has 1 rings (SSSR count). The molecule has 0 aromatic heterocycles. The standard InChI is InChI=1S/C12H21NO3/c1-7(2)8(3)11(14)13(10-5-6-10)9(4)12(15)16/h7-10H,5-6H2,1-4H3,(H,15,16). The van der Waals surface area contributed by atoms with Gasteiger partial charge in [-0.2, -0.15) is 0 Å². The SMILES string of the molecule is CC(C)C(C)C(=O)N(C1CC1)C(C)C(=O)O. The molecule has 1 saturated carbocycles. The number of amides is 1. The van der Waals surface area contributed by atoms with Gasteiger partial charge in [-0.25, -0.2) is 4.79 Å². The van der Waals surface area contributed by atoms with Crippen LogP contribution in [0.1, 0.15) is 40.5 Å². The third-order valence-electron chi connectivity index (χ3n) is 3.36. The number of hydrogen-bond acceptors (Lipinski definition) is 2. The van der Waals surface area contributed by atoms with Crippen LogP contribution in [0.5, 0.6) is 0 Å². The van der Waals surface area contributed by atoms with E-state index in [1.165, 1.54) is 0 Å². The quantitative estimate of drug-likeness (QED) is 0.778. The summed E-state index contributed by atoms with van der Waals surface area (Å²) in [5.41, 5.74) is 0. The van der Waals surface area contributed by atoms with Crippen LogP contribution in [0.15, 0.2) is 0 Å². The van der Waals surface area contributed by atoms with E-state index in [0.29, 0.717) is 0 Å². The summed E-state index contributed by atoms with van der Waals surface area (Å²) in [6, 6.07) is -0.555. The van der Waals surface area contributed by atoms with E-state index in [1.54, 1.807) is 11.8 Å². The Labute approximate surface area is 96.6 Å². The maximum atomic E-state index is 12.2. The van der Waals surface area contributed by atoms with Crippen molar-refractivity contribution in [2.75, 3.05) is 0 Å². The molecule has 0 saturated heterocycles. The second kappa shape index (κ2) is 4.85. The molecule has 0 bridgehead atoms. The molecule has 2 atom stereocenters. The summed E-state index contributed by atoms with van der Waals surface area (Å²) in [4.78, 5) is 24.7. The first kappa shape index (κ1) is 13.0. The van der Waals surface area contributed by atoms with E-state index in [0.717, 1.165) is 12.8 Å². The van der Waals surface area contributed by atoms with Crippen molar-refractivity contribution < 1.29 is 14.7 Å². The topological polar surface area (TPSA) is 57.6 Å². The summed E-state index contributed by atoms with van der Waals surface area (Å²) in [6.45, 7) is 7.43. The first-order chi connectivity index (χ1) is 7.36. The monoisotopic (exact) mass is 227 g/mol. The normalized spacial score (nSPS) is 19.3. The van der Waals surface area contributed by atoms with Crippen LogP contribution in [0.2, 0.25) is 0 Å². The highest BCUT2D eigenvalue weighted by Gasteiger charge is 2.40. The molecule has 1 fully saturated rings. The number of hydrogen-bond donors (Lipinski definition) is 1. The molecule has 1 aliphatic carbocycles. The minimum atomic E-state index is -0.920. The van der Waals surface area contributed by atoms with Gasteiger partial charge in [0.2, 0.25) is 5.91 Å². The first-order valence-electron chi connectivity index (χ1n) is 5.91.